The maximum Gasteiger partial charge on any atom is 0.252 e. The SMILES string of the molecule is CN(Cc1ccccc1)S(=O)(=O)c1ccc(CCN)s1. The van der Waals surface area contributed by atoms with E-state index in [9.17, 15) is 8.42 Å². The van der Waals surface area contributed by atoms with Gasteiger partial charge in [-0.05, 0) is 30.7 Å². The number of benzene rings is 1. The lowest BCUT2D eigenvalue weighted by Crippen LogP contribution is -2.25. The lowest BCUT2D eigenvalue weighted by molar-refractivity contribution is 0.468. The van der Waals surface area contributed by atoms with E-state index in [0.717, 1.165) is 10.4 Å². The molecule has 0 aliphatic heterocycles. The van der Waals surface area contributed by atoms with Gasteiger partial charge in [-0.25, -0.2) is 8.42 Å². The van der Waals surface area contributed by atoms with Crippen LogP contribution in [0.25, 0.3) is 0 Å². The van der Waals surface area contributed by atoms with Crippen molar-refractivity contribution >= 4 is 21.4 Å². The number of nitrogens with two attached hydrogens (primary N) is 1. The lowest BCUT2D eigenvalue weighted by Gasteiger charge is -2.16. The molecule has 0 atom stereocenters. The predicted molar refractivity (Wildman–Crippen MR) is 82.2 cm³/mol. The maximum atomic E-state index is 12.5. The highest BCUT2D eigenvalue weighted by molar-refractivity contribution is 7.91. The van der Waals surface area contributed by atoms with Gasteiger partial charge in [-0.1, -0.05) is 30.3 Å². The summed E-state index contributed by atoms with van der Waals surface area (Å²) < 4.78 is 26.7. The Morgan fingerprint density at radius 2 is 1.85 bits per heavy atom. The topological polar surface area (TPSA) is 63.4 Å². The summed E-state index contributed by atoms with van der Waals surface area (Å²) >= 11 is 1.29. The molecular weight excluding hydrogens is 292 g/mol. The summed E-state index contributed by atoms with van der Waals surface area (Å²) in [7, 11) is -1.82. The minimum atomic E-state index is -3.42. The second kappa shape index (κ2) is 6.49. The van der Waals surface area contributed by atoms with Gasteiger partial charge in [0.1, 0.15) is 4.21 Å². The molecule has 20 heavy (non-hydrogen) atoms. The number of rotatable bonds is 6. The number of thiophene rings is 1. The molecule has 4 nitrogen and oxygen atoms in total. The van der Waals surface area contributed by atoms with Gasteiger partial charge in [0, 0.05) is 18.5 Å². The molecule has 0 amide bonds. The van der Waals surface area contributed by atoms with Gasteiger partial charge in [0.2, 0.25) is 0 Å². The maximum absolute atomic E-state index is 12.5. The quantitative estimate of drug-likeness (QED) is 0.888. The predicted octanol–water partition coefficient (Wildman–Crippen LogP) is 2.07. The zero-order valence-corrected chi connectivity index (χ0v) is 13.0. The molecule has 1 aromatic carbocycles. The van der Waals surface area contributed by atoms with Gasteiger partial charge >= 0.3 is 0 Å². The van der Waals surface area contributed by atoms with Gasteiger partial charge in [-0.2, -0.15) is 4.31 Å². The van der Waals surface area contributed by atoms with Crippen molar-refractivity contribution in [1.29, 1.82) is 0 Å². The van der Waals surface area contributed by atoms with E-state index in [0.29, 0.717) is 23.7 Å². The van der Waals surface area contributed by atoms with Crippen LogP contribution in [0.5, 0.6) is 0 Å². The fourth-order valence-corrected chi connectivity index (χ4v) is 4.59. The van der Waals surface area contributed by atoms with E-state index in [-0.39, 0.29) is 0 Å². The molecule has 0 aliphatic rings. The molecule has 0 spiro atoms. The minimum Gasteiger partial charge on any atom is -0.330 e. The van der Waals surface area contributed by atoms with Crippen molar-refractivity contribution in [2.45, 2.75) is 17.2 Å². The lowest BCUT2D eigenvalue weighted by atomic mass is 10.2. The molecule has 0 bridgehead atoms. The first kappa shape index (κ1) is 15.2. The Balaban J connectivity index is 2.16. The molecule has 0 fully saturated rings. The van der Waals surface area contributed by atoms with Crippen LogP contribution in [0.1, 0.15) is 10.4 Å². The van der Waals surface area contributed by atoms with Crippen LogP contribution in [0, 0.1) is 0 Å². The van der Waals surface area contributed by atoms with E-state index in [4.69, 9.17) is 5.73 Å². The first-order valence-corrected chi connectivity index (χ1v) is 8.59. The molecule has 2 rings (SSSR count). The van der Waals surface area contributed by atoms with Gasteiger partial charge in [0.25, 0.3) is 10.0 Å². The number of hydrogen-bond acceptors (Lipinski definition) is 4. The van der Waals surface area contributed by atoms with Crippen LogP contribution < -0.4 is 5.73 Å². The second-order valence-electron chi connectivity index (χ2n) is 4.51. The minimum absolute atomic E-state index is 0.368. The van der Waals surface area contributed by atoms with Crippen molar-refractivity contribution in [3.63, 3.8) is 0 Å². The fraction of sp³-hybridized carbons (Fsp3) is 0.286. The van der Waals surface area contributed by atoms with Crippen molar-refractivity contribution in [2.75, 3.05) is 13.6 Å². The first-order valence-electron chi connectivity index (χ1n) is 6.33. The Bertz CT molecular complexity index is 651. The Labute approximate surface area is 123 Å². The molecule has 108 valence electrons. The number of sulfonamides is 1. The summed E-state index contributed by atoms with van der Waals surface area (Å²) in [6, 6.07) is 13.0. The van der Waals surface area contributed by atoms with Crippen molar-refractivity contribution in [3.8, 4) is 0 Å². The summed E-state index contributed by atoms with van der Waals surface area (Å²) in [5.74, 6) is 0. The van der Waals surface area contributed by atoms with E-state index in [1.54, 1.807) is 13.1 Å². The molecule has 0 saturated heterocycles. The van der Waals surface area contributed by atoms with Crippen LogP contribution in [0.4, 0.5) is 0 Å². The van der Waals surface area contributed by atoms with Gasteiger partial charge in [-0.15, -0.1) is 11.3 Å². The van der Waals surface area contributed by atoms with Gasteiger partial charge in [0.15, 0.2) is 0 Å². The summed E-state index contributed by atoms with van der Waals surface area (Å²) in [6.45, 7) is 0.896. The molecule has 0 radical (unpaired) electrons. The van der Waals surface area contributed by atoms with Crippen molar-refractivity contribution in [3.05, 3.63) is 52.9 Å². The van der Waals surface area contributed by atoms with Gasteiger partial charge in [-0.3, -0.25) is 0 Å². The van der Waals surface area contributed by atoms with Gasteiger partial charge in [0.05, 0.1) is 0 Å². The third-order valence-electron chi connectivity index (χ3n) is 2.94. The van der Waals surface area contributed by atoms with Crippen molar-refractivity contribution in [1.82, 2.24) is 4.31 Å². The summed E-state index contributed by atoms with van der Waals surface area (Å²) in [5.41, 5.74) is 6.46. The van der Waals surface area contributed by atoms with E-state index in [1.807, 2.05) is 36.4 Å². The highest BCUT2D eigenvalue weighted by Gasteiger charge is 2.22. The highest BCUT2D eigenvalue weighted by atomic mass is 32.2. The first-order chi connectivity index (χ1) is 9.54. The zero-order chi connectivity index (χ0) is 14.6. The normalized spacial score (nSPS) is 11.9. The smallest absolute Gasteiger partial charge is 0.252 e. The Kier molecular flexibility index (Phi) is 4.93. The zero-order valence-electron chi connectivity index (χ0n) is 11.3. The summed E-state index contributed by atoms with van der Waals surface area (Å²) in [4.78, 5) is 0.999. The Hall–Kier alpha value is -1.21. The van der Waals surface area contributed by atoms with E-state index < -0.39 is 10.0 Å². The number of nitrogens with zero attached hydrogens (tertiary/aromatic N) is 1. The average molecular weight is 310 g/mol. The monoisotopic (exact) mass is 310 g/mol. The van der Waals surface area contributed by atoms with E-state index in [1.165, 1.54) is 15.6 Å². The van der Waals surface area contributed by atoms with Crippen LogP contribution in [0.3, 0.4) is 0 Å². The van der Waals surface area contributed by atoms with E-state index >= 15 is 0 Å². The van der Waals surface area contributed by atoms with Crippen LogP contribution in [-0.4, -0.2) is 26.3 Å². The van der Waals surface area contributed by atoms with Crippen LogP contribution in [-0.2, 0) is 23.0 Å². The molecule has 0 unspecified atom stereocenters. The number of hydrogen-bond donors (Lipinski definition) is 1. The van der Waals surface area contributed by atoms with Crippen LogP contribution in [0.15, 0.2) is 46.7 Å². The van der Waals surface area contributed by atoms with Crippen LogP contribution >= 0.6 is 11.3 Å². The summed E-state index contributed by atoms with van der Waals surface area (Å²) in [6.07, 6.45) is 0.711. The largest absolute Gasteiger partial charge is 0.330 e. The van der Waals surface area contributed by atoms with Crippen molar-refractivity contribution in [2.24, 2.45) is 5.73 Å². The third kappa shape index (κ3) is 3.46. The molecule has 6 heteroatoms. The van der Waals surface area contributed by atoms with Crippen LogP contribution in [0.2, 0.25) is 0 Å². The Morgan fingerprint density at radius 1 is 1.15 bits per heavy atom. The molecule has 1 aromatic heterocycles. The fourth-order valence-electron chi connectivity index (χ4n) is 1.85. The highest BCUT2D eigenvalue weighted by Crippen LogP contribution is 2.25. The third-order valence-corrected chi connectivity index (χ3v) is 6.36. The van der Waals surface area contributed by atoms with Gasteiger partial charge < -0.3 is 5.73 Å². The molecule has 2 N–H and O–H groups in total. The molecule has 2 aromatic rings. The second-order valence-corrected chi connectivity index (χ2v) is 7.95. The molecular formula is C14H18N2O2S2. The molecule has 0 aliphatic carbocycles. The van der Waals surface area contributed by atoms with E-state index in [2.05, 4.69) is 0 Å². The average Bonchev–Trinajstić information content (AvgIpc) is 2.89. The Morgan fingerprint density at radius 3 is 2.50 bits per heavy atom. The summed E-state index contributed by atoms with van der Waals surface area (Å²) in [5, 5.41) is 0. The molecule has 1 heterocycles. The van der Waals surface area contributed by atoms with Crippen molar-refractivity contribution < 1.29 is 8.42 Å². The standard InChI is InChI=1S/C14H18N2O2S2/c1-16(11-12-5-3-2-4-6-12)20(17,18)14-8-7-13(19-14)9-10-15/h2-8H,9-11,15H2,1H3. The molecule has 0 saturated carbocycles.